The molecule has 0 fully saturated rings. The monoisotopic (exact) mass is 290 g/mol. The van der Waals surface area contributed by atoms with Gasteiger partial charge in [-0.3, -0.25) is 4.79 Å². The second-order valence-corrected chi connectivity index (χ2v) is 4.04. The molecule has 0 spiro atoms. The number of hydrogen-bond acceptors (Lipinski definition) is 5. The maximum Gasteiger partial charge on any atom is 0.388 e. The zero-order valence-electron chi connectivity index (χ0n) is 10.5. The number of H-pyrrole nitrogens is 1. The summed E-state index contributed by atoms with van der Waals surface area (Å²) in [7, 11) is 0. The molecule has 1 aromatic carbocycles. The third-order valence-electron chi connectivity index (χ3n) is 2.64. The number of nitrogens with one attached hydrogen (secondary N) is 1. The summed E-state index contributed by atoms with van der Waals surface area (Å²) in [6.45, 7) is -3.06. The van der Waals surface area contributed by atoms with Crippen molar-refractivity contribution in [3.63, 3.8) is 0 Å². The zero-order valence-corrected chi connectivity index (χ0v) is 10.5. The molecule has 106 valence electrons. The van der Waals surface area contributed by atoms with Crippen LogP contribution in [0.4, 0.5) is 8.78 Å². The van der Waals surface area contributed by atoms with Gasteiger partial charge < -0.3 is 9.72 Å². The molecule has 0 saturated heterocycles. The van der Waals surface area contributed by atoms with Crippen molar-refractivity contribution in [2.75, 3.05) is 0 Å². The molecule has 0 aliphatic carbocycles. The molecular weight excluding hydrogens is 282 g/mol. The van der Waals surface area contributed by atoms with E-state index in [1.54, 1.807) is 30.3 Å². The third kappa shape index (κ3) is 2.69. The van der Waals surface area contributed by atoms with Crippen LogP contribution in [0.3, 0.4) is 0 Å². The van der Waals surface area contributed by atoms with Gasteiger partial charge in [-0.1, -0.05) is 30.3 Å². The Kier molecular flexibility index (Phi) is 3.27. The smallest absolute Gasteiger partial charge is 0.388 e. The molecule has 0 radical (unpaired) electrons. The number of rotatable bonds is 3. The number of fused-ring (bicyclic) bond motifs is 1. The van der Waals surface area contributed by atoms with E-state index in [2.05, 4.69) is 24.7 Å². The Morgan fingerprint density at radius 1 is 1.14 bits per heavy atom. The van der Waals surface area contributed by atoms with E-state index in [1.165, 1.54) is 0 Å². The van der Waals surface area contributed by atoms with Crippen molar-refractivity contribution in [2.45, 2.75) is 6.61 Å². The van der Waals surface area contributed by atoms with Crippen LogP contribution in [0, 0.1) is 0 Å². The number of alkyl halides is 2. The lowest BCUT2D eigenvalue weighted by atomic mass is 10.2. The number of aromatic amines is 1. The van der Waals surface area contributed by atoms with Gasteiger partial charge in [-0.25, -0.2) is 9.97 Å². The summed E-state index contributed by atoms with van der Waals surface area (Å²) in [4.78, 5) is 25.5. The molecule has 2 aromatic heterocycles. The van der Waals surface area contributed by atoms with Crippen LogP contribution in [-0.4, -0.2) is 26.5 Å². The minimum Gasteiger partial charge on any atom is -0.414 e. The standard InChI is InChI=1S/C13H8F2N4O2/c14-13(15)21-12-9-11(17-8(20)6-16-9)18-10(19-12)7-4-2-1-3-5-7/h1-6,13H,(H,17,18,19,20). The summed E-state index contributed by atoms with van der Waals surface area (Å²) >= 11 is 0. The van der Waals surface area contributed by atoms with Crippen LogP contribution in [0.25, 0.3) is 22.6 Å². The quantitative estimate of drug-likeness (QED) is 0.797. The number of ether oxygens (including phenoxy) is 1. The average molecular weight is 290 g/mol. The molecule has 2 heterocycles. The van der Waals surface area contributed by atoms with E-state index in [0.29, 0.717) is 5.56 Å². The second kappa shape index (κ2) is 5.23. The van der Waals surface area contributed by atoms with Gasteiger partial charge in [0.25, 0.3) is 11.4 Å². The van der Waals surface area contributed by atoms with E-state index in [-0.39, 0.29) is 22.9 Å². The van der Waals surface area contributed by atoms with Crippen LogP contribution >= 0.6 is 0 Å². The Labute approximate surface area is 116 Å². The van der Waals surface area contributed by atoms with E-state index < -0.39 is 12.2 Å². The molecule has 0 amide bonds. The van der Waals surface area contributed by atoms with E-state index in [1.807, 2.05) is 0 Å². The Hall–Kier alpha value is -2.90. The number of aromatic nitrogens is 4. The highest BCUT2D eigenvalue weighted by Crippen LogP contribution is 2.24. The first-order valence-corrected chi connectivity index (χ1v) is 5.91. The number of halogens is 2. The van der Waals surface area contributed by atoms with Crippen molar-refractivity contribution in [3.8, 4) is 17.3 Å². The van der Waals surface area contributed by atoms with Crippen LogP contribution in [-0.2, 0) is 0 Å². The number of benzene rings is 1. The molecule has 0 bridgehead atoms. The summed E-state index contributed by atoms with van der Waals surface area (Å²) in [5, 5.41) is 0. The molecule has 0 saturated carbocycles. The highest BCUT2D eigenvalue weighted by atomic mass is 19.3. The predicted octanol–water partition coefficient (Wildman–Crippen LogP) is 1.98. The van der Waals surface area contributed by atoms with E-state index in [4.69, 9.17) is 0 Å². The van der Waals surface area contributed by atoms with Gasteiger partial charge in [0, 0.05) is 5.56 Å². The Bertz CT molecular complexity index is 836. The van der Waals surface area contributed by atoms with Crippen molar-refractivity contribution in [3.05, 3.63) is 46.9 Å². The lowest BCUT2D eigenvalue weighted by molar-refractivity contribution is -0.0518. The van der Waals surface area contributed by atoms with Crippen LogP contribution in [0.15, 0.2) is 41.3 Å². The van der Waals surface area contributed by atoms with Gasteiger partial charge in [-0.15, -0.1) is 0 Å². The van der Waals surface area contributed by atoms with Gasteiger partial charge in [0.15, 0.2) is 17.0 Å². The fraction of sp³-hybridized carbons (Fsp3) is 0.0769. The molecular formula is C13H8F2N4O2. The minimum absolute atomic E-state index is 0.0328. The lowest BCUT2D eigenvalue weighted by Crippen LogP contribution is -2.11. The molecule has 6 nitrogen and oxygen atoms in total. The van der Waals surface area contributed by atoms with Crippen molar-refractivity contribution < 1.29 is 13.5 Å². The topological polar surface area (TPSA) is 80.8 Å². The minimum atomic E-state index is -3.06. The van der Waals surface area contributed by atoms with E-state index >= 15 is 0 Å². The van der Waals surface area contributed by atoms with Gasteiger partial charge in [0.2, 0.25) is 0 Å². The van der Waals surface area contributed by atoms with E-state index in [0.717, 1.165) is 6.20 Å². The van der Waals surface area contributed by atoms with Crippen molar-refractivity contribution in [2.24, 2.45) is 0 Å². The largest absolute Gasteiger partial charge is 0.414 e. The van der Waals surface area contributed by atoms with Crippen molar-refractivity contribution in [1.82, 2.24) is 19.9 Å². The van der Waals surface area contributed by atoms with Crippen LogP contribution in [0.2, 0.25) is 0 Å². The molecule has 0 aliphatic rings. The summed E-state index contributed by atoms with van der Waals surface area (Å²) in [5.74, 6) is -0.229. The van der Waals surface area contributed by atoms with Gasteiger partial charge in [0.1, 0.15) is 0 Å². The first-order chi connectivity index (χ1) is 10.1. The highest BCUT2D eigenvalue weighted by Gasteiger charge is 2.15. The van der Waals surface area contributed by atoms with Crippen LogP contribution < -0.4 is 10.3 Å². The molecule has 0 atom stereocenters. The summed E-state index contributed by atoms with van der Waals surface area (Å²) in [6.07, 6.45) is 0.951. The van der Waals surface area contributed by atoms with Gasteiger partial charge in [-0.05, 0) is 0 Å². The lowest BCUT2D eigenvalue weighted by Gasteiger charge is -2.08. The molecule has 3 rings (SSSR count). The summed E-state index contributed by atoms with van der Waals surface area (Å²) in [5.41, 5.74) is 0.105. The molecule has 0 aliphatic heterocycles. The fourth-order valence-corrected chi connectivity index (χ4v) is 1.79. The van der Waals surface area contributed by atoms with Crippen molar-refractivity contribution >= 4 is 11.2 Å². The Morgan fingerprint density at radius 3 is 2.62 bits per heavy atom. The first-order valence-electron chi connectivity index (χ1n) is 5.91. The molecule has 21 heavy (non-hydrogen) atoms. The van der Waals surface area contributed by atoms with Crippen molar-refractivity contribution in [1.29, 1.82) is 0 Å². The number of hydrogen-bond donors (Lipinski definition) is 1. The molecule has 0 unspecified atom stereocenters. The molecule has 8 heteroatoms. The van der Waals surface area contributed by atoms with Gasteiger partial charge in [-0.2, -0.15) is 13.8 Å². The fourth-order valence-electron chi connectivity index (χ4n) is 1.79. The third-order valence-corrected chi connectivity index (χ3v) is 2.64. The Morgan fingerprint density at radius 2 is 1.90 bits per heavy atom. The zero-order chi connectivity index (χ0) is 14.8. The van der Waals surface area contributed by atoms with E-state index in [9.17, 15) is 13.6 Å². The summed E-state index contributed by atoms with van der Waals surface area (Å²) < 4.78 is 29.3. The first kappa shape index (κ1) is 13.1. The highest BCUT2D eigenvalue weighted by molar-refractivity contribution is 5.77. The van der Waals surface area contributed by atoms with Crippen LogP contribution in [0.1, 0.15) is 0 Å². The Balaban J connectivity index is 2.25. The SMILES string of the molecule is O=c1cnc2c(OC(F)F)nc(-c3ccccc3)nc2[nH]1. The molecule has 3 aromatic rings. The second-order valence-electron chi connectivity index (χ2n) is 4.04. The normalized spacial score (nSPS) is 11.0. The predicted molar refractivity (Wildman–Crippen MR) is 70.0 cm³/mol. The van der Waals surface area contributed by atoms with Crippen LogP contribution in [0.5, 0.6) is 5.88 Å². The average Bonchev–Trinajstić information content (AvgIpc) is 2.47. The molecule has 1 N–H and O–H groups in total. The summed E-state index contributed by atoms with van der Waals surface area (Å²) in [6, 6.07) is 8.72. The van der Waals surface area contributed by atoms with Gasteiger partial charge >= 0.3 is 6.61 Å². The number of nitrogens with zero attached hydrogens (tertiary/aromatic N) is 3. The van der Waals surface area contributed by atoms with Gasteiger partial charge in [0.05, 0.1) is 6.20 Å². The maximum absolute atomic E-state index is 12.5. The maximum atomic E-state index is 12.5.